The first-order chi connectivity index (χ1) is 14.4. The van der Waals surface area contributed by atoms with Crippen LogP contribution in [-0.2, 0) is 9.53 Å². The maximum atomic E-state index is 12.1. The molecule has 0 aliphatic heterocycles. The third-order valence-corrected chi connectivity index (χ3v) is 4.19. The monoisotopic (exact) mass is 406 g/mol. The van der Waals surface area contributed by atoms with Gasteiger partial charge in [-0.15, -0.1) is 0 Å². The fraction of sp³-hybridized carbons (Fsp3) is 0.143. The number of benzene rings is 2. The molecule has 1 atom stereocenters. The van der Waals surface area contributed by atoms with Crippen LogP contribution in [0.4, 0.5) is 0 Å². The number of aliphatic hydroxyl groups is 1. The van der Waals surface area contributed by atoms with Gasteiger partial charge in [-0.3, -0.25) is 4.79 Å². The molecule has 0 fully saturated rings. The van der Waals surface area contributed by atoms with Crippen molar-refractivity contribution in [3.63, 3.8) is 0 Å². The van der Waals surface area contributed by atoms with Crippen LogP contribution in [0.3, 0.4) is 0 Å². The Kier molecular flexibility index (Phi) is 5.98. The van der Waals surface area contributed by atoms with Crippen LogP contribution in [0.15, 0.2) is 54.3 Å². The van der Waals surface area contributed by atoms with Crippen molar-refractivity contribution in [1.29, 1.82) is 5.26 Å². The molecule has 0 bridgehead atoms. The Morgan fingerprint density at radius 1 is 1.23 bits per heavy atom. The minimum absolute atomic E-state index is 0.123. The van der Waals surface area contributed by atoms with Crippen LogP contribution in [-0.4, -0.2) is 39.7 Å². The second kappa shape index (κ2) is 8.79. The van der Waals surface area contributed by atoms with Gasteiger partial charge >= 0.3 is 5.97 Å². The van der Waals surface area contributed by atoms with E-state index in [1.54, 1.807) is 36.4 Å². The van der Waals surface area contributed by atoms with Gasteiger partial charge in [-0.05, 0) is 31.2 Å². The van der Waals surface area contributed by atoms with E-state index >= 15 is 0 Å². The molecule has 0 unspecified atom stereocenters. The molecule has 4 N–H and O–H groups in total. The Hall–Kier alpha value is -4.32. The van der Waals surface area contributed by atoms with Crippen molar-refractivity contribution in [2.45, 2.75) is 13.0 Å². The van der Waals surface area contributed by atoms with Gasteiger partial charge in [0.2, 0.25) is 0 Å². The van der Waals surface area contributed by atoms with Gasteiger partial charge in [-0.1, -0.05) is 24.3 Å². The van der Waals surface area contributed by atoms with Crippen LogP contribution < -0.4 is 10.5 Å². The first kappa shape index (κ1) is 20.4. The van der Waals surface area contributed by atoms with Crippen molar-refractivity contribution < 1.29 is 24.2 Å². The lowest BCUT2D eigenvalue weighted by molar-refractivity contribution is -0.150. The summed E-state index contributed by atoms with van der Waals surface area (Å²) in [4.78, 5) is 30.7. The number of nitrogens with one attached hydrogen (secondary N) is 1. The molecule has 0 aliphatic carbocycles. The minimum atomic E-state index is -1.13. The first-order valence-electron chi connectivity index (χ1n) is 8.90. The van der Waals surface area contributed by atoms with Gasteiger partial charge in [0.1, 0.15) is 17.4 Å². The number of hydrogen-bond acceptors (Lipinski definition) is 7. The molecular weight excluding hydrogens is 388 g/mol. The van der Waals surface area contributed by atoms with E-state index in [0.29, 0.717) is 11.0 Å². The average molecular weight is 406 g/mol. The fourth-order valence-electron chi connectivity index (χ4n) is 2.73. The Labute approximate surface area is 171 Å². The Bertz CT molecular complexity index is 1140. The van der Waals surface area contributed by atoms with E-state index in [2.05, 4.69) is 9.97 Å². The van der Waals surface area contributed by atoms with E-state index in [1.165, 1.54) is 19.1 Å². The van der Waals surface area contributed by atoms with Gasteiger partial charge in [0.15, 0.2) is 24.3 Å². The van der Waals surface area contributed by atoms with Crippen LogP contribution in [0.5, 0.6) is 5.75 Å². The lowest BCUT2D eigenvalue weighted by Gasteiger charge is -2.14. The highest BCUT2D eigenvalue weighted by Crippen LogP contribution is 2.21. The molecule has 1 heterocycles. The van der Waals surface area contributed by atoms with Crippen molar-refractivity contribution in [3.8, 4) is 11.8 Å². The molecule has 1 aromatic heterocycles. The molecule has 0 saturated carbocycles. The summed E-state index contributed by atoms with van der Waals surface area (Å²) < 4.78 is 10.4. The number of aromatic amines is 1. The first-order valence-corrected chi connectivity index (χ1v) is 8.90. The van der Waals surface area contributed by atoms with Gasteiger partial charge in [-0.2, -0.15) is 5.26 Å². The highest BCUT2D eigenvalue weighted by Gasteiger charge is 2.21. The second-order valence-electron chi connectivity index (χ2n) is 6.26. The van der Waals surface area contributed by atoms with Crippen molar-refractivity contribution in [2.24, 2.45) is 5.73 Å². The van der Waals surface area contributed by atoms with Crippen LogP contribution >= 0.6 is 0 Å². The predicted octanol–water partition coefficient (Wildman–Crippen LogP) is 2.47. The number of nitrogens with zero attached hydrogens (tertiary/aromatic N) is 2. The standard InChI is InChI=1S/C21H18N4O5/c1-12(30-18(26)11-29-17-9-5-2-6-13(17)20(23)28)19(27)14(10-22)21-24-15-7-3-4-8-16(15)25-21/h2-9,12,27H,11H2,1H3,(H2,23,28)(H,24,25)/b19-14-/t12-/m0/s1. The smallest absolute Gasteiger partial charge is 0.344 e. The zero-order valence-electron chi connectivity index (χ0n) is 16.0. The number of esters is 1. The van der Waals surface area contributed by atoms with Gasteiger partial charge in [-0.25, -0.2) is 9.78 Å². The third-order valence-electron chi connectivity index (χ3n) is 4.19. The van der Waals surface area contributed by atoms with Crippen LogP contribution in [0.2, 0.25) is 0 Å². The Morgan fingerprint density at radius 3 is 2.63 bits per heavy atom. The van der Waals surface area contributed by atoms with Crippen LogP contribution in [0.1, 0.15) is 23.1 Å². The SMILES string of the molecule is C[C@H](OC(=O)COc1ccccc1C(N)=O)/C(O)=C(\C#N)c1nc2ccccc2[nH]1. The highest BCUT2D eigenvalue weighted by molar-refractivity contribution is 5.95. The number of imidazole rings is 1. The molecule has 0 saturated heterocycles. The number of carbonyl (C=O) groups excluding carboxylic acids is 2. The summed E-state index contributed by atoms with van der Waals surface area (Å²) >= 11 is 0. The van der Waals surface area contributed by atoms with Crippen LogP contribution in [0.25, 0.3) is 16.6 Å². The van der Waals surface area contributed by atoms with E-state index in [-0.39, 0.29) is 22.7 Å². The largest absolute Gasteiger partial charge is 0.507 e. The van der Waals surface area contributed by atoms with E-state index in [1.807, 2.05) is 6.07 Å². The minimum Gasteiger partial charge on any atom is -0.507 e. The molecule has 30 heavy (non-hydrogen) atoms. The van der Waals surface area contributed by atoms with E-state index in [4.69, 9.17) is 15.2 Å². The van der Waals surface area contributed by atoms with Gasteiger partial charge in [0, 0.05) is 0 Å². The number of carbonyl (C=O) groups is 2. The summed E-state index contributed by atoms with van der Waals surface area (Å²) in [5, 5.41) is 19.9. The summed E-state index contributed by atoms with van der Waals surface area (Å²) in [5.74, 6) is -1.67. The summed E-state index contributed by atoms with van der Waals surface area (Å²) in [6.45, 7) is 0.888. The Balaban J connectivity index is 1.70. The molecule has 1 amide bonds. The molecule has 0 radical (unpaired) electrons. The van der Waals surface area contributed by atoms with Crippen molar-refractivity contribution >= 4 is 28.5 Å². The van der Waals surface area contributed by atoms with Crippen molar-refractivity contribution in [3.05, 3.63) is 65.7 Å². The fourth-order valence-corrected chi connectivity index (χ4v) is 2.73. The number of aliphatic hydroxyl groups excluding tert-OH is 1. The zero-order valence-corrected chi connectivity index (χ0v) is 16.0. The molecule has 0 spiro atoms. The second-order valence-corrected chi connectivity index (χ2v) is 6.26. The molecule has 3 aromatic rings. The quantitative estimate of drug-likeness (QED) is 0.310. The van der Waals surface area contributed by atoms with Gasteiger partial charge in [0.25, 0.3) is 5.91 Å². The van der Waals surface area contributed by atoms with Gasteiger partial charge < -0.3 is 25.3 Å². The molecule has 3 rings (SSSR count). The molecule has 2 aromatic carbocycles. The maximum Gasteiger partial charge on any atom is 0.344 e. The molecule has 9 heteroatoms. The van der Waals surface area contributed by atoms with Gasteiger partial charge in [0.05, 0.1) is 16.6 Å². The average Bonchev–Trinajstić information content (AvgIpc) is 3.16. The lowest BCUT2D eigenvalue weighted by atomic mass is 10.2. The highest BCUT2D eigenvalue weighted by atomic mass is 16.6. The number of H-pyrrole nitrogens is 1. The van der Waals surface area contributed by atoms with Crippen LogP contribution in [0, 0.1) is 11.3 Å². The summed E-state index contributed by atoms with van der Waals surface area (Å²) in [7, 11) is 0. The third kappa shape index (κ3) is 4.39. The van der Waals surface area contributed by atoms with E-state index in [0.717, 1.165) is 0 Å². The number of rotatable bonds is 7. The number of nitriles is 1. The summed E-state index contributed by atoms with van der Waals surface area (Å²) in [6, 6.07) is 15.2. The number of fused-ring (bicyclic) bond motifs is 1. The normalized spacial score (nSPS) is 12.5. The summed E-state index contributed by atoms with van der Waals surface area (Å²) in [6.07, 6.45) is -1.13. The molecular formula is C21H18N4O5. The maximum absolute atomic E-state index is 12.1. The summed E-state index contributed by atoms with van der Waals surface area (Å²) in [5.41, 5.74) is 6.55. The Morgan fingerprint density at radius 2 is 1.93 bits per heavy atom. The predicted molar refractivity (Wildman–Crippen MR) is 107 cm³/mol. The number of hydrogen-bond donors (Lipinski definition) is 3. The number of amides is 1. The number of para-hydroxylation sites is 3. The van der Waals surface area contributed by atoms with E-state index < -0.39 is 30.3 Å². The lowest BCUT2D eigenvalue weighted by Crippen LogP contribution is -2.23. The number of nitrogens with two attached hydrogens (primary N) is 1. The van der Waals surface area contributed by atoms with Crippen molar-refractivity contribution in [1.82, 2.24) is 9.97 Å². The van der Waals surface area contributed by atoms with Crippen molar-refractivity contribution in [2.75, 3.05) is 6.61 Å². The molecule has 0 aliphatic rings. The zero-order chi connectivity index (χ0) is 21.7. The molecule has 9 nitrogen and oxygen atoms in total. The molecule has 152 valence electrons. The topological polar surface area (TPSA) is 151 Å². The number of primary amides is 1. The number of aromatic nitrogens is 2. The number of allylic oxidation sites excluding steroid dienone is 1. The van der Waals surface area contributed by atoms with E-state index in [9.17, 15) is 20.0 Å². The number of ether oxygens (including phenoxy) is 2.